The van der Waals surface area contributed by atoms with Crippen LogP contribution in [0.15, 0.2) is 61.2 Å². The number of piperidine rings is 1. The molecule has 5 rings (SSSR count). The number of likely N-dealkylation sites (tertiary alicyclic amines) is 1. The molecule has 9 nitrogen and oxygen atoms in total. The molecule has 35 heavy (non-hydrogen) atoms. The van der Waals surface area contributed by atoms with Crippen LogP contribution in [0.25, 0.3) is 0 Å². The summed E-state index contributed by atoms with van der Waals surface area (Å²) in [7, 11) is 3.25. The first-order valence-electron chi connectivity index (χ1n) is 11.7. The van der Waals surface area contributed by atoms with Crippen molar-refractivity contribution in [3.05, 3.63) is 77.9 Å². The summed E-state index contributed by atoms with van der Waals surface area (Å²) in [5.41, 5.74) is 2.43. The van der Waals surface area contributed by atoms with Crippen LogP contribution in [0.3, 0.4) is 0 Å². The van der Waals surface area contributed by atoms with Crippen molar-refractivity contribution in [3.8, 4) is 5.75 Å². The van der Waals surface area contributed by atoms with Gasteiger partial charge in [-0.25, -0.2) is 9.67 Å². The van der Waals surface area contributed by atoms with Gasteiger partial charge in [0.25, 0.3) is 5.91 Å². The highest BCUT2D eigenvalue weighted by molar-refractivity contribution is 5.97. The summed E-state index contributed by atoms with van der Waals surface area (Å²) in [6.07, 6.45) is 4.20. The second kappa shape index (κ2) is 9.50. The molecule has 1 fully saturated rings. The Kier molecular flexibility index (Phi) is 6.25. The first-order chi connectivity index (χ1) is 17.1. The van der Waals surface area contributed by atoms with Crippen LogP contribution in [0, 0.1) is 0 Å². The first kappa shape index (κ1) is 23.0. The summed E-state index contributed by atoms with van der Waals surface area (Å²) >= 11 is 0. The molecular formula is C26H29N5O4. The minimum absolute atomic E-state index is 0.0200. The zero-order chi connectivity index (χ0) is 24.4. The molecule has 1 saturated heterocycles. The fourth-order valence-corrected chi connectivity index (χ4v) is 5.69. The molecule has 0 bridgehead atoms. The van der Waals surface area contributed by atoms with Crippen molar-refractivity contribution in [1.29, 1.82) is 0 Å². The van der Waals surface area contributed by atoms with E-state index in [4.69, 9.17) is 9.47 Å². The van der Waals surface area contributed by atoms with Crippen molar-refractivity contribution in [2.75, 3.05) is 27.3 Å². The van der Waals surface area contributed by atoms with E-state index in [1.54, 1.807) is 37.4 Å². The highest BCUT2D eigenvalue weighted by Crippen LogP contribution is 2.52. The second-order valence-electron chi connectivity index (χ2n) is 9.02. The fourth-order valence-electron chi connectivity index (χ4n) is 5.69. The molecule has 3 aromatic rings. The molecule has 0 radical (unpaired) electrons. The van der Waals surface area contributed by atoms with Gasteiger partial charge >= 0.3 is 0 Å². The van der Waals surface area contributed by atoms with E-state index in [0.29, 0.717) is 24.4 Å². The third kappa shape index (κ3) is 4.05. The standard InChI is InChI=1S/C26H29N5O4/c1-34-21-10-6-4-8-19(21)25(33)29-23-18-7-3-5-9-20(18)26(24(23)35-2)11-13-30(14-12-26)22(32)15-31-17-27-16-28-31/h3-10,16-17,23-24H,11-15H2,1-2H3,(H,29,33)/t23-,24+/m0/s1. The van der Waals surface area contributed by atoms with Gasteiger partial charge in [0.05, 0.1) is 24.8 Å². The van der Waals surface area contributed by atoms with Crippen LogP contribution in [0.1, 0.15) is 40.4 Å². The Labute approximate surface area is 204 Å². The number of para-hydroxylation sites is 1. The van der Waals surface area contributed by atoms with Crippen LogP contribution in [0.2, 0.25) is 0 Å². The van der Waals surface area contributed by atoms with Crippen LogP contribution in [-0.4, -0.2) is 64.9 Å². The monoisotopic (exact) mass is 475 g/mol. The van der Waals surface area contributed by atoms with E-state index < -0.39 is 0 Å². The Balaban J connectivity index is 1.39. The van der Waals surface area contributed by atoms with Crippen molar-refractivity contribution in [3.63, 3.8) is 0 Å². The van der Waals surface area contributed by atoms with Gasteiger partial charge in [-0.05, 0) is 36.1 Å². The molecule has 2 aliphatic rings. The van der Waals surface area contributed by atoms with Gasteiger partial charge in [0.2, 0.25) is 5.91 Å². The number of hydrogen-bond donors (Lipinski definition) is 1. The molecule has 0 unspecified atom stereocenters. The third-order valence-electron chi connectivity index (χ3n) is 7.34. The largest absolute Gasteiger partial charge is 0.496 e. The molecule has 1 spiro atoms. The van der Waals surface area contributed by atoms with Crippen LogP contribution in [0.5, 0.6) is 5.75 Å². The number of ether oxygens (including phenoxy) is 2. The van der Waals surface area contributed by atoms with Crippen LogP contribution < -0.4 is 10.1 Å². The Morgan fingerprint density at radius 2 is 1.83 bits per heavy atom. The summed E-state index contributed by atoms with van der Waals surface area (Å²) < 4.78 is 13.0. The van der Waals surface area contributed by atoms with Gasteiger partial charge in [0, 0.05) is 25.6 Å². The summed E-state index contributed by atoms with van der Waals surface area (Å²) in [5.74, 6) is 0.340. The average Bonchev–Trinajstić information content (AvgIpc) is 3.49. The maximum absolute atomic E-state index is 13.3. The van der Waals surface area contributed by atoms with Crippen molar-refractivity contribution >= 4 is 11.8 Å². The number of nitrogens with zero attached hydrogens (tertiary/aromatic N) is 4. The molecule has 0 saturated carbocycles. The molecule has 182 valence electrons. The minimum atomic E-state index is -0.314. The van der Waals surface area contributed by atoms with Gasteiger partial charge < -0.3 is 19.7 Å². The zero-order valence-electron chi connectivity index (χ0n) is 19.9. The van der Waals surface area contributed by atoms with Gasteiger partial charge in [0.1, 0.15) is 24.9 Å². The Morgan fingerprint density at radius 1 is 1.09 bits per heavy atom. The number of hydrogen-bond acceptors (Lipinski definition) is 6. The second-order valence-corrected chi connectivity index (χ2v) is 9.02. The van der Waals surface area contributed by atoms with E-state index in [9.17, 15) is 9.59 Å². The third-order valence-corrected chi connectivity index (χ3v) is 7.34. The average molecular weight is 476 g/mol. The first-order valence-corrected chi connectivity index (χ1v) is 11.7. The minimum Gasteiger partial charge on any atom is -0.496 e. The van der Waals surface area contributed by atoms with Crippen LogP contribution in [-0.2, 0) is 21.5 Å². The van der Waals surface area contributed by atoms with Gasteiger partial charge in [-0.2, -0.15) is 5.10 Å². The van der Waals surface area contributed by atoms with E-state index in [-0.39, 0.29) is 35.9 Å². The van der Waals surface area contributed by atoms with Crippen molar-refractivity contribution in [2.45, 2.75) is 36.9 Å². The smallest absolute Gasteiger partial charge is 0.255 e. The number of carbonyl (C=O) groups is 2. The van der Waals surface area contributed by atoms with E-state index in [0.717, 1.165) is 18.4 Å². The Hall–Kier alpha value is -3.72. The molecular weight excluding hydrogens is 446 g/mol. The van der Waals surface area contributed by atoms with E-state index in [1.165, 1.54) is 11.9 Å². The number of methoxy groups -OCH3 is 2. The number of nitrogens with one attached hydrogen (secondary N) is 1. The summed E-state index contributed by atoms with van der Waals surface area (Å²) in [4.78, 5) is 31.9. The molecule has 2 amide bonds. The van der Waals surface area contributed by atoms with Gasteiger partial charge in [-0.15, -0.1) is 0 Å². The topological polar surface area (TPSA) is 98.6 Å². The predicted octanol–water partition coefficient (Wildman–Crippen LogP) is 2.35. The number of carbonyl (C=O) groups excluding carboxylic acids is 2. The Morgan fingerprint density at radius 3 is 2.54 bits per heavy atom. The number of aromatic nitrogens is 3. The SMILES string of the molecule is COc1ccccc1C(=O)N[C@H]1c2ccccc2C2(CCN(C(=O)Cn3cncn3)CC2)[C@@H]1OC. The maximum atomic E-state index is 13.3. The maximum Gasteiger partial charge on any atom is 0.255 e. The summed E-state index contributed by atoms with van der Waals surface area (Å²) in [6, 6.07) is 15.1. The quantitative estimate of drug-likeness (QED) is 0.588. The van der Waals surface area contributed by atoms with Crippen LogP contribution >= 0.6 is 0 Å². The van der Waals surface area contributed by atoms with E-state index in [1.807, 2.05) is 29.2 Å². The summed E-state index contributed by atoms with van der Waals surface area (Å²) in [5, 5.41) is 7.26. The van der Waals surface area contributed by atoms with Crippen LogP contribution in [0.4, 0.5) is 0 Å². The summed E-state index contributed by atoms with van der Waals surface area (Å²) in [6.45, 7) is 1.39. The molecule has 2 atom stereocenters. The van der Waals surface area contributed by atoms with E-state index in [2.05, 4.69) is 27.5 Å². The highest BCUT2D eigenvalue weighted by atomic mass is 16.5. The number of rotatable bonds is 6. The number of fused-ring (bicyclic) bond motifs is 2. The van der Waals surface area contributed by atoms with Gasteiger partial charge in [0.15, 0.2) is 0 Å². The van der Waals surface area contributed by atoms with Gasteiger partial charge in [-0.3, -0.25) is 9.59 Å². The Bertz CT molecular complexity index is 1200. The zero-order valence-corrected chi connectivity index (χ0v) is 19.9. The number of benzene rings is 2. The molecule has 9 heteroatoms. The molecule has 1 aliphatic carbocycles. The predicted molar refractivity (Wildman–Crippen MR) is 128 cm³/mol. The van der Waals surface area contributed by atoms with Gasteiger partial charge in [-0.1, -0.05) is 36.4 Å². The lowest BCUT2D eigenvalue weighted by Gasteiger charge is -2.44. The molecule has 1 N–H and O–H groups in total. The molecule has 2 heterocycles. The van der Waals surface area contributed by atoms with Crippen molar-refractivity contribution < 1.29 is 19.1 Å². The molecule has 1 aliphatic heterocycles. The lowest BCUT2D eigenvalue weighted by Crippen LogP contribution is -2.52. The fraction of sp³-hybridized carbons (Fsp3) is 0.385. The molecule has 2 aromatic carbocycles. The highest BCUT2D eigenvalue weighted by Gasteiger charge is 2.54. The lowest BCUT2D eigenvalue weighted by molar-refractivity contribution is -0.134. The van der Waals surface area contributed by atoms with Crippen molar-refractivity contribution in [2.24, 2.45) is 0 Å². The lowest BCUT2D eigenvalue weighted by atomic mass is 9.72. The molecule has 1 aromatic heterocycles. The van der Waals surface area contributed by atoms with Crippen molar-refractivity contribution in [1.82, 2.24) is 25.0 Å². The number of amides is 2. The normalized spacial score (nSPS) is 20.5. The van der Waals surface area contributed by atoms with E-state index >= 15 is 0 Å².